The molecule has 0 unspecified atom stereocenters. The first-order chi connectivity index (χ1) is 17.2. The number of H-pyrrole nitrogens is 1. The number of morpholine rings is 1. The normalized spacial score (nSPS) is 25.1. The van der Waals surface area contributed by atoms with Crippen LogP contribution in [0.1, 0.15) is 49.7 Å². The number of pyridine rings is 1. The van der Waals surface area contributed by atoms with Gasteiger partial charge in [0.15, 0.2) is 11.5 Å². The number of hydrogen-bond donors (Lipinski definition) is 2. The average molecular weight is 470 g/mol. The summed E-state index contributed by atoms with van der Waals surface area (Å²) in [5, 5.41) is 21.2. The minimum atomic E-state index is -0.175. The van der Waals surface area contributed by atoms with Gasteiger partial charge in [0.2, 0.25) is 0 Å². The van der Waals surface area contributed by atoms with Crippen molar-refractivity contribution in [3.05, 3.63) is 66.0 Å². The molecule has 0 amide bonds. The number of hydrogen-bond acceptors (Lipinski definition) is 6. The van der Waals surface area contributed by atoms with E-state index in [1.54, 1.807) is 12.4 Å². The van der Waals surface area contributed by atoms with Crippen molar-refractivity contribution in [3.63, 3.8) is 0 Å². The molecule has 1 aliphatic carbocycles. The number of nitrogens with zero attached hydrogens (tertiary/aromatic N) is 5. The summed E-state index contributed by atoms with van der Waals surface area (Å²) in [6.07, 6.45) is 9.34. The zero-order valence-corrected chi connectivity index (χ0v) is 20.0. The van der Waals surface area contributed by atoms with E-state index in [1.807, 2.05) is 23.0 Å². The molecule has 4 heterocycles. The van der Waals surface area contributed by atoms with Gasteiger partial charge in [-0.25, -0.2) is 4.98 Å². The first-order valence-electron chi connectivity index (χ1n) is 12.5. The number of nitrogens with one attached hydrogen (secondary N) is 2. The Morgan fingerprint density at radius 2 is 2.00 bits per heavy atom. The number of rotatable bonds is 5. The minimum absolute atomic E-state index is 0.175. The topological polar surface area (TPSA) is 95.7 Å². The highest BCUT2D eigenvalue weighted by Crippen LogP contribution is 2.46. The fourth-order valence-electron chi connectivity index (χ4n) is 5.84. The molecule has 8 heteroatoms. The van der Waals surface area contributed by atoms with E-state index >= 15 is 0 Å². The fraction of sp³-hybridized carbons (Fsp3) is 0.407. The van der Waals surface area contributed by atoms with E-state index in [2.05, 4.69) is 52.4 Å². The molecule has 6 rings (SSSR count). The summed E-state index contributed by atoms with van der Waals surface area (Å²) in [6, 6.07) is 15.0. The van der Waals surface area contributed by atoms with Crippen molar-refractivity contribution in [2.45, 2.75) is 50.0 Å². The molecule has 4 aromatic rings. The lowest BCUT2D eigenvalue weighted by Crippen LogP contribution is -2.44. The number of anilines is 1. The van der Waals surface area contributed by atoms with Crippen molar-refractivity contribution in [1.82, 2.24) is 25.0 Å². The molecule has 1 aliphatic heterocycles. The predicted octanol–water partition coefficient (Wildman–Crippen LogP) is 4.61. The molecule has 2 fully saturated rings. The Morgan fingerprint density at radius 1 is 1.17 bits per heavy atom. The SMILES string of the molecule is C[C@@H]1COCCN1c1cc(C2CCC(C=N)(c3ccccc3)CC2)c2cnn(-c3ccn[nH]3)c2n1. The van der Waals surface area contributed by atoms with E-state index in [4.69, 9.17) is 20.2 Å². The Bertz CT molecular complexity index is 1310. The number of aromatic nitrogens is 5. The zero-order valence-electron chi connectivity index (χ0n) is 20.0. The Kier molecular flexibility index (Phi) is 5.60. The van der Waals surface area contributed by atoms with E-state index in [1.165, 1.54) is 11.1 Å². The van der Waals surface area contributed by atoms with Crippen molar-refractivity contribution in [1.29, 1.82) is 5.41 Å². The highest BCUT2D eigenvalue weighted by molar-refractivity contribution is 5.83. The molecular weight excluding hydrogens is 438 g/mol. The van der Waals surface area contributed by atoms with E-state index < -0.39 is 0 Å². The van der Waals surface area contributed by atoms with Crippen LogP contribution in [0.15, 0.2) is 54.9 Å². The van der Waals surface area contributed by atoms with Crippen LogP contribution in [-0.4, -0.2) is 57.0 Å². The second-order valence-electron chi connectivity index (χ2n) is 9.86. The standard InChI is InChI=1S/C27H31N7O/c1-19-17-35-14-13-33(19)25-15-22(23-16-30-34(26(23)31-25)24-9-12-29-32-24)20-7-10-27(18-28,11-8-20)21-5-3-2-4-6-21/h2-6,9,12,15-16,18-20,28H,7-8,10-11,13-14,17H2,1H3,(H,29,32)/t19-,20?,27?/m1/s1. The van der Waals surface area contributed by atoms with Gasteiger partial charge in [0.05, 0.1) is 31.6 Å². The Balaban J connectivity index is 1.40. The van der Waals surface area contributed by atoms with Gasteiger partial charge < -0.3 is 15.0 Å². The lowest BCUT2D eigenvalue weighted by atomic mass is 9.66. The average Bonchev–Trinajstić information content (AvgIpc) is 3.59. The summed E-state index contributed by atoms with van der Waals surface area (Å²) >= 11 is 0. The summed E-state index contributed by atoms with van der Waals surface area (Å²) in [7, 11) is 0. The molecule has 1 saturated carbocycles. The quantitative estimate of drug-likeness (QED) is 0.416. The van der Waals surface area contributed by atoms with Crippen LogP contribution in [-0.2, 0) is 10.2 Å². The second kappa shape index (κ2) is 8.92. The van der Waals surface area contributed by atoms with Gasteiger partial charge in [0.1, 0.15) is 5.82 Å². The Labute approximate surface area is 204 Å². The first kappa shape index (κ1) is 22.0. The lowest BCUT2D eigenvalue weighted by Gasteiger charge is -2.38. The van der Waals surface area contributed by atoms with Gasteiger partial charge in [0.25, 0.3) is 0 Å². The van der Waals surface area contributed by atoms with E-state index in [0.29, 0.717) is 19.1 Å². The van der Waals surface area contributed by atoms with Crippen molar-refractivity contribution < 1.29 is 4.74 Å². The van der Waals surface area contributed by atoms with Gasteiger partial charge >= 0.3 is 0 Å². The number of benzene rings is 1. The van der Waals surface area contributed by atoms with Crippen molar-refractivity contribution >= 4 is 23.1 Å². The van der Waals surface area contributed by atoms with E-state index in [-0.39, 0.29) is 11.5 Å². The van der Waals surface area contributed by atoms with Crippen molar-refractivity contribution in [2.75, 3.05) is 24.7 Å². The summed E-state index contributed by atoms with van der Waals surface area (Å²) in [4.78, 5) is 7.45. The number of fused-ring (bicyclic) bond motifs is 1. The van der Waals surface area contributed by atoms with Gasteiger partial charge in [-0.15, -0.1) is 0 Å². The van der Waals surface area contributed by atoms with Gasteiger partial charge in [-0.05, 0) is 55.7 Å². The molecule has 2 aliphatic rings. The fourth-order valence-corrected chi connectivity index (χ4v) is 5.84. The number of ether oxygens (including phenoxy) is 1. The Morgan fingerprint density at radius 3 is 2.71 bits per heavy atom. The second-order valence-corrected chi connectivity index (χ2v) is 9.86. The highest BCUT2D eigenvalue weighted by atomic mass is 16.5. The first-order valence-corrected chi connectivity index (χ1v) is 12.5. The molecule has 1 atom stereocenters. The third kappa shape index (κ3) is 3.82. The summed E-state index contributed by atoms with van der Waals surface area (Å²) in [6.45, 7) is 4.43. The minimum Gasteiger partial charge on any atom is -0.377 e. The maximum absolute atomic E-state index is 8.28. The van der Waals surface area contributed by atoms with Crippen LogP contribution in [0, 0.1) is 5.41 Å². The summed E-state index contributed by atoms with van der Waals surface area (Å²) in [5.41, 5.74) is 3.24. The number of aromatic amines is 1. The van der Waals surface area contributed by atoms with Gasteiger partial charge in [0, 0.05) is 29.6 Å². The predicted molar refractivity (Wildman–Crippen MR) is 137 cm³/mol. The molecule has 2 N–H and O–H groups in total. The molecule has 1 saturated heterocycles. The smallest absolute Gasteiger partial charge is 0.167 e. The van der Waals surface area contributed by atoms with Crippen LogP contribution in [0.3, 0.4) is 0 Å². The molecule has 180 valence electrons. The molecule has 0 radical (unpaired) electrons. The van der Waals surface area contributed by atoms with Crippen LogP contribution in [0.5, 0.6) is 0 Å². The largest absolute Gasteiger partial charge is 0.377 e. The summed E-state index contributed by atoms with van der Waals surface area (Å²) < 4.78 is 7.55. The van der Waals surface area contributed by atoms with Crippen LogP contribution >= 0.6 is 0 Å². The van der Waals surface area contributed by atoms with Gasteiger partial charge in [-0.2, -0.15) is 14.9 Å². The van der Waals surface area contributed by atoms with Gasteiger partial charge in [-0.3, -0.25) is 5.10 Å². The molecule has 0 bridgehead atoms. The molecule has 8 nitrogen and oxygen atoms in total. The van der Waals surface area contributed by atoms with Crippen molar-refractivity contribution in [2.24, 2.45) is 0 Å². The lowest BCUT2D eigenvalue weighted by molar-refractivity contribution is 0.0985. The monoisotopic (exact) mass is 469 g/mol. The molecular formula is C27H31N7O. The molecule has 35 heavy (non-hydrogen) atoms. The third-order valence-electron chi connectivity index (χ3n) is 7.88. The van der Waals surface area contributed by atoms with Crippen LogP contribution in [0.4, 0.5) is 5.82 Å². The maximum Gasteiger partial charge on any atom is 0.167 e. The van der Waals surface area contributed by atoms with E-state index in [0.717, 1.165) is 54.9 Å². The highest BCUT2D eigenvalue weighted by Gasteiger charge is 2.36. The third-order valence-corrected chi connectivity index (χ3v) is 7.88. The van der Waals surface area contributed by atoms with Crippen LogP contribution < -0.4 is 4.90 Å². The van der Waals surface area contributed by atoms with Crippen LogP contribution in [0.25, 0.3) is 16.9 Å². The van der Waals surface area contributed by atoms with E-state index in [9.17, 15) is 0 Å². The summed E-state index contributed by atoms with van der Waals surface area (Å²) in [5.74, 6) is 2.18. The van der Waals surface area contributed by atoms with Crippen LogP contribution in [0.2, 0.25) is 0 Å². The molecule has 3 aromatic heterocycles. The molecule has 0 spiro atoms. The molecule has 1 aromatic carbocycles. The van der Waals surface area contributed by atoms with Gasteiger partial charge in [-0.1, -0.05) is 30.3 Å². The maximum atomic E-state index is 8.28. The van der Waals surface area contributed by atoms with Crippen molar-refractivity contribution in [3.8, 4) is 5.82 Å². The Hall–Kier alpha value is -3.52. The zero-order chi connectivity index (χ0) is 23.8.